The smallest absolute Gasteiger partial charge is 0.249 e. The molecule has 1 atom stereocenters. The summed E-state index contributed by atoms with van der Waals surface area (Å²) in [5.74, 6) is 0.763. The molecule has 0 saturated heterocycles. The van der Waals surface area contributed by atoms with E-state index in [0.717, 1.165) is 4.90 Å². The molecule has 0 N–H and O–H groups in total. The van der Waals surface area contributed by atoms with Crippen molar-refractivity contribution in [2.24, 2.45) is 0 Å². The molecule has 1 amide bonds. The number of thioether (sulfide) groups is 1. The molecule has 0 saturated carbocycles. The predicted octanol–water partition coefficient (Wildman–Crippen LogP) is 5.31. The molecule has 7 heteroatoms. The van der Waals surface area contributed by atoms with Gasteiger partial charge in [0.25, 0.3) is 0 Å². The minimum Gasteiger partial charge on any atom is -0.419 e. The average molecular weight is 416 g/mol. The van der Waals surface area contributed by atoms with E-state index < -0.39 is 0 Å². The SMILES string of the molecule is CC(Sc1ccccc1)C(=O)N(Cc1nnc(-c2ccccc2Cl)o1)C(C)C. The first-order valence-electron chi connectivity index (χ1n) is 9.05. The second kappa shape index (κ2) is 9.26. The van der Waals surface area contributed by atoms with Gasteiger partial charge in [0.2, 0.25) is 17.7 Å². The van der Waals surface area contributed by atoms with E-state index in [-0.39, 0.29) is 23.7 Å². The van der Waals surface area contributed by atoms with Crippen molar-refractivity contribution in [2.45, 2.75) is 43.5 Å². The van der Waals surface area contributed by atoms with E-state index in [0.29, 0.717) is 22.4 Å². The van der Waals surface area contributed by atoms with Crippen LogP contribution in [0.15, 0.2) is 63.9 Å². The van der Waals surface area contributed by atoms with Gasteiger partial charge in [-0.3, -0.25) is 4.79 Å². The van der Waals surface area contributed by atoms with Crippen LogP contribution in [0.2, 0.25) is 5.02 Å². The van der Waals surface area contributed by atoms with Gasteiger partial charge >= 0.3 is 0 Å². The van der Waals surface area contributed by atoms with Crippen LogP contribution in [0.4, 0.5) is 0 Å². The van der Waals surface area contributed by atoms with Crippen LogP contribution in [0.1, 0.15) is 26.7 Å². The summed E-state index contributed by atoms with van der Waals surface area (Å²) in [5, 5.41) is 8.51. The highest BCUT2D eigenvalue weighted by molar-refractivity contribution is 8.00. The van der Waals surface area contributed by atoms with Gasteiger partial charge in [0.05, 0.1) is 22.4 Å². The summed E-state index contributed by atoms with van der Waals surface area (Å²) < 4.78 is 5.77. The second-order valence-corrected chi connectivity index (χ2v) is 8.44. The van der Waals surface area contributed by atoms with Crippen LogP contribution in [-0.2, 0) is 11.3 Å². The summed E-state index contributed by atoms with van der Waals surface area (Å²) in [5.41, 5.74) is 0.679. The summed E-state index contributed by atoms with van der Waals surface area (Å²) >= 11 is 7.73. The van der Waals surface area contributed by atoms with Crippen LogP contribution in [0.5, 0.6) is 0 Å². The number of hydrogen-bond donors (Lipinski definition) is 0. The lowest BCUT2D eigenvalue weighted by molar-refractivity contribution is -0.133. The van der Waals surface area contributed by atoms with Crippen molar-refractivity contribution in [1.82, 2.24) is 15.1 Å². The van der Waals surface area contributed by atoms with Crippen molar-refractivity contribution < 1.29 is 9.21 Å². The van der Waals surface area contributed by atoms with Crippen molar-refractivity contribution in [3.63, 3.8) is 0 Å². The Morgan fingerprint density at radius 1 is 1.07 bits per heavy atom. The summed E-state index contributed by atoms with van der Waals surface area (Å²) in [6, 6.07) is 17.2. The fraction of sp³-hybridized carbons (Fsp3) is 0.286. The third-order valence-electron chi connectivity index (χ3n) is 4.19. The Balaban J connectivity index is 1.73. The van der Waals surface area contributed by atoms with Crippen LogP contribution < -0.4 is 0 Å². The van der Waals surface area contributed by atoms with Crippen molar-refractivity contribution >= 4 is 29.3 Å². The maximum Gasteiger partial charge on any atom is 0.249 e. The molecule has 0 radical (unpaired) electrons. The molecular weight excluding hydrogens is 394 g/mol. The zero-order chi connectivity index (χ0) is 20.1. The summed E-state index contributed by atoms with van der Waals surface area (Å²) in [6.45, 7) is 6.12. The van der Waals surface area contributed by atoms with E-state index in [1.165, 1.54) is 11.8 Å². The third kappa shape index (κ3) is 4.94. The molecule has 0 aliphatic heterocycles. The molecule has 3 rings (SSSR count). The number of nitrogens with zero attached hydrogens (tertiary/aromatic N) is 3. The quantitative estimate of drug-likeness (QED) is 0.489. The monoisotopic (exact) mass is 415 g/mol. The molecule has 28 heavy (non-hydrogen) atoms. The lowest BCUT2D eigenvalue weighted by Gasteiger charge is -2.28. The van der Waals surface area contributed by atoms with E-state index in [1.807, 2.05) is 69.3 Å². The number of carbonyl (C=O) groups is 1. The zero-order valence-corrected chi connectivity index (χ0v) is 17.6. The first kappa shape index (κ1) is 20.4. The fourth-order valence-corrected chi connectivity index (χ4v) is 3.88. The highest BCUT2D eigenvalue weighted by Crippen LogP contribution is 2.28. The van der Waals surface area contributed by atoms with Gasteiger partial charge in [0.15, 0.2) is 0 Å². The second-order valence-electron chi connectivity index (χ2n) is 6.61. The molecule has 146 valence electrons. The number of carbonyl (C=O) groups excluding carboxylic acids is 1. The number of amides is 1. The largest absolute Gasteiger partial charge is 0.419 e. The standard InChI is InChI=1S/C21H22ClN3O2S/c1-14(2)25(21(26)15(3)28-16-9-5-4-6-10-16)13-19-23-24-20(27-19)17-11-7-8-12-18(17)22/h4-12,14-15H,13H2,1-3H3. The van der Waals surface area contributed by atoms with E-state index in [2.05, 4.69) is 10.2 Å². The maximum atomic E-state index is 13.0. The molecule has 1 unspecified atom stereocenters. The molecular formula is C21H22ClN3O2S. The van der Waals surface area contributed by atoms with Gasteiger partial charge in [-0.2, -0.15) is 0 Å². The van der Waals surface area contributed by atoms with Gasteiger partial charge in [-0.15, -0.1) is 22.0 Å². The molecule has 3 aromatic rings. The van der Waals surface area contributed by atoms with Gasteiger partial charge in [0.1, 0.15) is 0 Å². The van der Waals surface area contributed by atoms with Crippen LogP contribution in [0, 0.1) is 0 Å². The minimum atomic E-state index is -0.226. The number of aromatic nitrogens is 2. The maximum absolute atomic E-state index is 13.0. The van der Waals surface area contributed by atoms with Crippen molar-refractivity contribution in [2.75, 3.05) is 0 Å². The van der Waals surface area contributed by atoms with Gasteiger partial charge in [-0.25, -0.2) is 0 Å². The van der Waals surface area contributed by atoms with Gasteiger partial charge in [0, 0.05) is 10.9 Å². The van der Waals surface area contributed by atoms with E-state index >= 15 is 0 Å². The number of hydrogen-bond acceptors (Lipinski definition) is 5. The van der Waals surface area contributed by atoms with Crippen molar-refractivity contribution in [3.8, 4) is 11.5 Å². The Morgan fingerprint density at radius 3 is 2.43 bits per heavy atom. The highest BCUT2D eigenvalue weighted by atomic mass is 35.5. The van der Waals surface area contributed by atoms with Crippen molar-refractivity contribution in [1.29, 1.82) is 0 Å². The molecule has 1 heterocycles. The summed E-state index contributed by atoms with van der Waals surface area (Å²) in [7, 11) is 0. The van der Waals surface area contributed by atoms with Gasteiger partial charge in [-0.1, -0.05) is 41.9 Å². The first-order chi connectivity index (χ1) is 13.5. The molecule has 0 fully saturated rings. The Morgan fingerprint density at radius 2 is 1.75 bits per heavy atom. The van der Waals surface area contributed by atoms with E-state index in [9.17, 15) is 4.79 Å². The molecule has 0 bridgehead atoms. The molecule has 0 aliphatic rings. The average Bonchev–Trinajstić information content (AvgIpc) is 3.15. The molecule has 2 aromatic carbocycles. The number of rotatable bonds is 7. The Labute approximate surface area is 174 Å². The van der Waals surface area contributed by atoms with Crippen molar-refractivity contribution in [3.05, 3.63) is 65.5 Å². The third-order valence-corrected chi connectivity index (χ3v) is 5.62. The highest BCUT2D eigenvalue weighted by Gasteiger charge is 2.26. The number of halogens is 1. The zero-order valence-electron chi connectivity index (χ0n) is 16.0. The Kier molecular flexibility index (Phi) is 6.75. The summed E-state index contributed by atoms with van der Waals surface area (Å²) in [4.78, 5) is 15.8. The molecule has 0 aliphatic carbocycles. The van der Waals surface area contributed by atoms with Crippen LogP contribution >= 0.6 is 23.4 Å². The first-order valence-corrected chi connectivity index (χ1v) is 10.3. The van der Waals surface area contributed by atoms with Gasteiger partial charge in [-0.05, 0) is 45.0 Å². The minimum absolute atomic E-state index is 0.00184. The molecule has 1 aromatic heterocycles. The topological polar surface area (TPSA) is 59.2 Å². The Hall–Kier alpha value is -2.31. The van der Waals surface area contributed by atoms with E-state index in [4.69, 9.17) is 16.0 Å². The van der Waals surface area contributed by atoms with Crippen LogP contribution in [0.25, 0.3) is 11.5 Å². The fourth-order valence-electron chi connectivity index (χ4n) is 2.71. The van der Waals surface area contributed by atoms with Crippen LogP contribution in [-0.4, -0.2) is 32.3 Å². The number of benzene rings is 2. The molecule has 0 spiro atoms. The predicted molar refractivity (Wildman–Crippen MR) is 112 cm³/mol. The lowest BCUT2D eigenvalue weighted by Crippen LogP contribution is -2.40. The summed E-state index contributed by atoms with van der Waals surface area (Å²) in [6.07, 6.45) is 0. The van der Waals surface area contributed by atoms with Gasteiger partial charge < -0.3 is 9.32 Å². The van der Waals surface area contributed by atoms with Crippen LogP contribution in [0.3, 0.4) is 0 Å². The van der Waals surface area contributed by atoms with E-state index in [1.54, 1.807) is 11.0 Å². The normalized spacial score (nSPS) is 12.2. The lowest BCUT2D eigenvalue weighted by atomic mass is 10.2. The Bertz CT molecular complexity index is 930. The molecule has 5 nitrogen and oxygen atoms in total.